The summed E-state index contributed by atoms with van der Waals surface area (Å²) in [5, 5.41) is 3.18. The first-order valence-electron chi connectivity index (χ1n) is 7.40. The van der Waals surface area contributed by atoms with Gasteiger partial charge >= 0.3 is 0 Å². The van der Waals surface area contributed by atoms with Crippen LogP contribution in [0.5, 0.6) is 0 Å². The van der Waals surface area contributed by atoms with Gasteiger partial charge in [-0.15, -0.1) is 0 Å². The number of amides is 1. The van der Waals surface area contributed by atoms with E-state index in [0.717, 1.165) is 35.6 Å². The SMILES string of the molecule is Cc1cc(C(=O)N[C@@H](c2nccn2C)C2CC2)c(C)n1C. The molecule has 1 amide bonds. The molecule has 1 aliphatic carbocycles. The van der Waals surface area contributed by atoms with Crippen molar-refractivity contribution in [1.82, 2.24) is 19.4 Å². The molecule has 1 N–H and O–H groups in total. The summed E-state index contributed by atoms with van der Waals surface area (Å²) in [6.45, 7) is 4.00. The minimum Gasteiger partial charge on any atom is -0.351 e. The molecule has 2 heterocycles. The predicted octanol–water partition coefficient (Wildman–Crippen LogP) is 2.26. The number of nitrogens with one attached hydrogen (secondary N) is 1. The van der Waals surface area contributed by atoms with Crippen LogP contribution in [0.1, 0.15) is 46.5 Å². The molecule has 5 nitrogen and oxygen atoms in total. The van der Waals surface area contributed by atoms with Crippen LogP contribution in [0.25, 0.3) is 0 Å². The maximum atomic E-state index is 12.6. The number of rotatable bonds is 4. The maximum Gasteiger partial charge on any atom is 0.253 e. The topological polar surface area (TPSA) is 51.9 Å². The van der Waals surface area contributed by atoms with Crippen molar-refractivity contribution in [3.63, 3.8) is 0 Å². The van der Waals surface area contributed by atoms with Gasteiger partial charge in [-0.2, -0.15) is 0 Å². The second-order valence-electron chi connectivity index (χ2n) is 6.03. The van der Waals surface area contributed by atoms with Crippen molar-refractivity contribution in [1.29, 1.82) is 0 Å². The van der Waals surface area contributed by atoms with E-state index in [1.807, 2.05) is 49.3 Å². The van der Waals surface area contributed by atoms with Crippen molar-refractivity contribution < 1.29 is 4.79 Å². The summed E-state index contributed by atoms with van der Waals surface area (Å²) in [5.74, 6) is 1.45. The van der Waals surface area contributed by atoms with Crippen molar-refractivity contribution in [2.24, 2.45) is 20.0 Å². The van der Waals surface area contributed by atoms with Crippen LogP contribution in [-0.4, -0.2) is 20.0 Å². The molecule has 0 saturated heterocycles. The fourth-order valence-electron chi connectivity index (χ4n) is 2.80. The molecule has 21 heavy (non-hydrogen) atoms. The number of nitrogens with zero attached hydrogens (tertiary/aromatic N) is 3. The molecule has 0 unspecified atom stereocenters. The van der Waals surface area contributed by atoms with E-state index in [4.69, 9.17) is 0 Å². The molecular weight excluding hydrogens is 264 g/mol. The highest BCUT2D eigenvalue weighted by Gasteiger charge is 2.36. The van der Waals surface area contributed by atoms with Gasteiger partial charge in [0.25, 0.3) is 5.91 Å². The van der Waals surface area contributed by atoms with Crippen molar-refractivity contribution in [3.8, 4) is 0 Å². The van der Waals surface area contributed by atoms with E-state index in [1.54, 1.807) is 6.20 Å². The van der Waals surface area contributed by atoms with Crippen LogP contribution in [-0.2, 0) is 14.1 Å². The zero-order valence-corrected chi connectivity index (χ0v) is 13.1. The van der Waals surface area contributed by atoms with Gasteiger partial charge in [0.15, 0.2) is 0 Å². The first-order chi connectivity index (χ1) is 9.99. The molecule has 5 heteroatoms. The molecule has 1 atom stereocenters. The van der Waals surface area contributed by atoms with Crippen LogP contribution in [0, 0.1) is 19.8 Å². The van der Waals surface area contributed by atoms with Crippen LogP contribution in [0.15, 0.2) is 18.5 Å². The van der Waals surface area contributed by atoms with Crippen molar-refractivity contribution >= 4 is 5.91 Å². The van der Waals surface area contributed by atoms with Crippen molar-refractivity contribution in [2.45, 2.75) is 32.7 Å². The first kappa shape index (κ1) is 13.9. The van der Waals surface area contributed by atoms with Gasteiger partial charge in [0.05, 0.1) is 11.6 Å². The molecule has 0 spiro atoms. The zero-order valence-electron chi connectivity index (χ0n) is 13.1. The molecule has 112 valence electrons. The number of hydrogen-bond donors (Lipinski definition) is 1. The van der Waals surface area contributed by atoms with Crippen LogP contribution in [0.3, 0.4) is 0 Å². The number of aromatic nitrogens is 3. The average Bonchev–Trinajstić information content (AvgIpc) is 3.16. The lowest BCUT2D eigenvalue weighted by molar-refractivity contribution is 0.0928. The van der Waals surface area contributed by atoms with Gasteiger partial charge in [0, 0.05) is 37.9 Å². The molecular formula is C16H22N4O. The second kappa shape index (κ2) is 5.06. The largest absolute Gasteiger partial charge is 0.351 e. The molecule has 0 bridgehead atoms. The minimum absolute atomic E-state index is 0.00361. The number of carbonyl (C=O) groups excluding carboxylic acids is 1. The quantitative estimate of drug-likeness (QED) is 0.937. The second-order valence-corrected chi connectivity index (χ2v) is 6.03. The summed E-state index contributed by atoms with van der Waals surface area (Å²) in [6.07, 6.45) is 6.03. The summed E-state index contributed by atoms with van der Waals surface area (Å²) in [6, 6.07) is 1.96. The fourth-order valence-corrected chi connectivity index (χ4v) is 2.80. The fraction of sp³-hybridized carbons (Fsp3) is 0.500. The van der Waals surface area contributed by atoms with Gasteiger partial charge in [-0.1, -0.05) is 0 Å². The number of aryl methyl sites for hydroxylation is 2. The highest BCUT2D eigenvalue weighted by atomic mass is 16.1. The maximum absolute atomic E-state index is 12.6. The Balaban J connectivity index is 1.85. The van der Waals surface area contributed by atoms with E-state index < -0.39 is 0 Å². The summed E-state index contributed by atoms with van der Waals surface area (Å²) in [5.41, 5.74) is 2.85. The third-order valence-electron chi connectivity index (χ3n) is 4.54. The molecule has 1 fully saturated rings. The van der Waals surface area contributed by atoms with E-state index in [1.165, 1.54) is 0 Å². The lowest BCUT2D eigenvalue weighted by atomic mass is 10.1. The van der Waals surface area contributed by atoms with E-state index in [2.05, 4.69) is 10.3 Å². The Morgan fingerprint density at radius 1 is 1.38 bits per heavy atom. The Kier molecular flexibility index (Phi) is 3.35. The van der Waals surface area contributed by atoms with Crippen molar-refractivity contribution in [2.75, 3.05) is 0 Å². The summed E-state index contributed by atoms with van der Waals surface area (Å²) in [7, 11) is 3.96. The smallest absolute Gasteiger partial charge is 0.253 e. The van der Waals surface area contributed by atoms with Gasteiger partial charge in [0.2, 0.25) is 0 Å². The van der Waals surface area contributed by atoms with E-state index in [-0.39, 0.29) is 11.9 Å². The van der Waals surface area contributed by atoms with E-state index in [0.29, 0.717) is 5.92 Å². The highest BCUT2D eigenvalue weighted by Crippen LogP contribution is 2.40. The Labute approximate surface area is 125 Å². The zero-order chi connectivity index (χ0) is 15.1. The summed E-state index contributed by atoms with van der Waals surface area (Å²) >= 11 is 0. The normalized spacial score (nSPS) is 16.0. The van der Waals surface area contributed by atoms with Gasteiger partial charge in [-0.05, 0) is 38.7 Å². The van der Waals surface area contributed by atoms with Gasteiger partial charge in [-0.3, -0.25) is 4.79 Å². The van der Waals surface area contributed by atoms with Crippen LogP contribution >= 0.6 is 0 Å². The average molecular weight is 286 g/mol. The van der Waals surface area contributed by atoms with Crippen LogP contribution in [0.2, 0.25) is 0 Å². The molecule has 2 aromatic heterocycles. The minimum atomic E-state index is -0.00361. The number of imidazole rings is 1. The molecule has 3 rings (SSSR count). The molecule has 1 saturated carbocycles. The summed E-state index contributed by atoms with van der Waals surface area (Å²) in [4.78, 5) is 17.0. The highest BCUT2D eigenvalue weighted by molar-refractivity contribution is 5.96. The first-order valence-corrected chi connectivity index (χ1v) is 7.40. The Bertz CT molecular complexity index is 679. The van der Waals surface area contributed by atoms with Gasteiger partial charge < -0.3 is 14.5 Å². The Hall–Kier alpha value is -2.04. The van der Waals surface area contributed by atoms with Gasteiger partial charge in [0.1, 0.15) is 5.82 Å². The Morgan fingerprint density at radius 3 is 2.57 bits per heavy atom. The van der Waals surface area contributed by atoms with Crippen LogP contribution < -0.4 is 5.32 Å². The molecule has 0 radical (unpaired) electrons. The number of carbonyl (C=O) groups is 1. The van der Waals surface area contributed by atoms with E-state index >= 15 is 0 Å². The molecule has 1 aliphatic rings. The molecule has 2 aromatic rings. The molecule has 0 aromatic carbocycles. The third-order valence-corrected chi connectivity index (χ3v) is 4.54. The summed E-state index contributed by atoms with van der Waals surface area (Å²) < 4.78 is 4.04. The predicted molar refractivity (Wildman–Crippen MR) is 81.0 cm³/mol. The third kappa shape index (κ3) is 2.48. The standard InChI is InChI=1S/C16H22N4O/c1-10-9-13(11(2)20(10)4)16(21)18-14(12-5-6-12)15-17-7-8-19(15)3/h7-9,12,14H,5-6H2,1-4H3,(H,18,21)/t14-/m1/s1. The number of hydrogen-bond acceptors (Lipinski definition) is 2. The Morgan fingerprint density at radius 2 is 2.10 bits per heavy atom. The molecule has 0 aliphatic heterocycles. The lowest BCUT2D eigenvalue weighted by Crippen LogP contribution is -2.31. The monoisotopic (exact) mass is 286 g/mol. The van der Waals surface area contributed by atoms with Crippen LogP contribution in [0.4, 0.5) is 0 Å². The van der Waals surface area contributed by atoms with Crippen molar-refractivity contribution in [3.05, 3.63) is 41.2 Å². The lowest BCUT2D eigenvalue weighted by Gasteiger charge is -2.18. The van der Waals surface area contributed by atoms with Gasteiger partial charge in [-0.25, -0.2) is 4.98 Å². The van der Waals surface area contributed by atoms with E-state index in [9.17, 15) is 4.79 Å².